The van der Waals surface area contributed by atoms with E-state index >= 15 is 0 Å². The summed E-state index contributed by atoms with van der Waals surface area (Å²) in [4.78, 5) is 9.41. The largest absolute Gasteiger partial charge is 0.372 e. The maximum Gasteiger partial charge on any atom is 0.162 e. The van der Waals surface area contributed by atoms with Crippen molar-refractivity contribution in [1.82, 2.24) is 9.97 Å². The highest BCUT2D eigenvalue weighted by Crippen LogP contribution is 2.38. The molecule has 0 amide bonds. The molecule has 0 saturated carbocycles. The second-order valence-electron chi connectivity index (χ2n) is 6.24. The van der Waals surface area contributed by atoms with Gasteiger partial charge >= 0.3 is 0 Å². The molecule has 0 bridgehead atoms. The zero-order valence-corrected chi connectivity index (χ0v) is 13.9. The molecule has 1 N–H and O–H groups in total. The van der Waals surface area contributed by atoms with E-state index in [1.54, 1.807) is 0 Å². The van der Waals surface area contributed by atoms with Crippen molar-refractivity contribution in [2.24, 2.45) is 0 Å². The fourth-order valence-electron chi connectivity index (χ4n) is 2.30. The molecule has 1 aromatic rings. The Hall–Kier alpha value is -0.680. The van der Waals surface area contributed by atoms with Crippen molar-refractivity contribution in [2.75, 3.05) is 19.0 Å². The zero-order valence-electron chi connectivity index (χ0n) is 12.3. The number of hydrogen-bond donors (Lipinski definition) is 1. The Bertz CT molecular complexity index is 476. The van der Waals surface area contributed by atoms with E-state index in [0.717, 1.165) is 41.3 Å². The van der Waals surface area contributed by atoms with Gasteiger partial charge in [0.05, 0.1) is 10.2 Å². The Balaban J connectivity index is 2.57. The molecule has 1 unspecified atom stereocenters. The van der Waals surface area contributed by atoms with Crippen LogP contribution < -0.4 is 5.32 Å². The third-order valence-electron chi connectivity index (χ3n) is 3.49. The van der Waals surface area contributed by atoms with Crippen molar-refractivity contribution in [1.29, 1.82) is 0 Å². The predicted molar refractivity (Wildman–Crippen MR) is 80.5 cm³/mol. The summed E-state index contributed by atoms with van der Waals surface area (Å²) in [6.45, 7) is 9.33. The van der Waals surface area contributed by atoms with Crippen LogP contribution in [0.1, 0.15) is 52.1 Å². The SMILES string of the molecule is CNc1nc(C2(C)CCCO2)nc(C(C)(C)C)c1Br. The molecular weight excluding hydrogens is 306 g/mol. The molecule has 4 nitrogen and oxygen atoms in total. The van der Waals surface area contributed by atoms with Crippen LogP contribution in [0, 0.1) is 0 Å². The number of halogens is 1. The van der Waals surface area contributed by atoms with Crippen molar-refractivity contribution in [3.8, 4) is 0 Å². The van der Waals surface area contributed by atoms with Crippen LogP contribution in [0.15, 0.2) is 4.47 Å². The molecule has 0 spiro atoms. The lowest BCUT2D eigenvalue weighted by Crippen LogP contribution is -2.27. The van der Waals surface area contributed by atoms with Crippen LogP contribution in [-0.4, -0.2) is 23.6 Å². The fourth-order valence-corrected chi connectivity index (χ4v) is 3.27. The molecule has 106 valence electrons. The van der Waals surface area contributed by atoms with E-state index in [4.69, 9.17) is 9.72 Å². The van der Waals surface area contributed by atoms with Gasteiger partial charge in [-0.3, -0.25) is 0 Å². The second kappa shape index (κ2) is 5.02. The minimum absolute atomic E-state index is 0.0446. The van der Waals surface area contributed by atoms with Gasteiger partial charge in [-0.05, 0) is 35.7 Å². The van der Waals surface area contributed by atoms with E-state index < -0.39 is 0 Å². The summed E-state index contributed by atoms with van der Waals surface area (Å²) in [6, 6.07) is 0. The van der Waals surface area contributed by atoms with Crippen LogP contribution in [0.4, 0.5) is 5.82 Å². The van der Waals surface area contributed by atoms with Crippen molar-refractivity contribution in [2.45, 2.75) is 51.6 Å². The molecule has 1 saturated heterocycles. The fraction of sp³-hybridized carbons (Fsp3) is 0.714. The highest BCUT2D eigenvalue weighted by atomic mass is 79.9. The van der Waals surface area contributed by atoms with Crippen molar-refractivity contribution < 1.29 is 4.74 Å². The summed E-state index contributed by atoms with van der Waals surface area (Å²) in [5.41, 5.74) is 0.613. The summed E-state index contributed by atoms with van der Waals surface area (Å²) in [5, 5.41) is 3.14. The van der Waals surface area contributed by atoms with Gasteiger partial charge in [-0.25, -0.2) is 9.97 Å². The van der Waals surface area contributed by atoms with E-state index in [0.29, 0.717) is 0 Å². The van der Waals surface area contributed by atoms with Gasteiger partial charge in [0.1, 0.15) is 11.4 Å². The van der Waals surface area contributed by atoms with Gasteiger partial charge in [-0.2, -0.15) is 0 Å². The van der Waals surface area contributed by atoms with E-state index in [2.05, 4.69) is 53.9 Å². The average molecular weight is 328 g/mol. The highest BCUT2D eigenvalue weighted by Gasteiger charge is 2.37. The van der Waals surface area contributed by atoms with Gasteiger partial charge < -0.3 is 10.1 Å². The number of hydrogen-bond acceptors (Lipinski definition) is 4. The Morgan fingerprint density at radius 2 is 2.00 bits per heavy atom. The predicted octanol–water partition coefficient (Wildman–Crippen LogP) is 3.60. The van der Waals surface area contributed by atoms with E-state index in [-0.39, 0.29) is 11.0 Å². The lowest BCUT2D eigenvalue weighted by atomic mass is 9.91. The molecule has 1 fully saturated rings. The Labute approximate surface area is 123 Å². The number of rotatable bonds is 2. The molecule has 5 heteroatoms. The molecule has 2 rings (SSSR count). The van der Waals surface area contributed by atoms with Crippen LogP contribution in [0.5, 0.6) is 0 Å². The minimum atomic E-state index is -0.355. The van der Waals surface area contributed by atoms with Gasteiger partial charge in [0.25, 0.3) is 0 Å². The quantitative estimate of drug-likeness (QED) is 0.901. The van der Waals surface area contributed by atoms with Crippen LogP contribution in [0.2, 0.25) is 0 Å². The Morgan fingerprint density at radius 1 is 1.32 bits per heavy atom. The molecular formula is C14H22BrN3O. The molecule has 0 radical (unpaired) electrons. The number of nitrogens with zero attached hydrogens (tertiary/aromatic N) is 2. The van der Waals surface area contributed by atoms with E-state index in [1.165, 1.54) is 0 Å². The van der Waals surface area contributed by atoms with Gasteiger partial charge in [-0.1, -0.05) is 20.8 Å². The van der Waals surface area contributed by atoms with Crippen molar-refractivity contribution in [3.63, 3.8) is 0 Å². The smallest absolute Gasteiger partial charge is 0.162 e. The van der Waals surface area contributed by atoms with Crippen molar-refractivity contribution >= 4 is 21.7 Å². The second-order valence-corrected chi connectivity index (χ2v) is 7.03. The average Bonchev–Trinajstić information content (AvgIpc) is 2.76. The summed E-state index contributed by atoms with van der Waals surface area (Å²) in [6.07, 6.45) is 2.04. The molecule has 0 aliphatic carbocycles. The third-order valence-corrected chi connectivity index (χ3v) is 4.24. The van der Waals surface area contributed by atoms with Crippen LogP contribution in [-0.2, 0) is 15.8 Å². The highest BCUT2D eigenvalue weighted by molar-refractivity contribution is 9.10. The number of ether oxygens (including phenoxy) is 1. The standard InChI is InChI=1S/C14H22BrN3O/c1-13(2,3)10-9(15)11(16-5)18-12(17-10)14(4)7-6-8-19-14/h6-8H2,1-5H3,(H,16,17,18). The summed E-state index contributed by atoms with van der Waals surface area (Å²) in [5.74, 6) is 1.61. The monoisotopic (exact) mass is 327 g/mol. The molecule has 2 heterocycles. The van der Waals surface area contributed by atoms with Gasteiger partial charge in [0, 0.05) is 19.1 Å². The number of nitrogens with one attached hydrogen (secondary N) is 1. The maximum atomic E-state index is 5.87. The number of aromatic nitrogens is 2. The van der Waals surface area contributed by atoms with Gasteiger partial charge in [0.15, 0.2) is 5.82 Å². The zero-order chi connectivity index (χ0) is 14.3. The Kier molecular flexibility index (Phi) is 3.89. The molecule has 1 atom stereocenters. The maximum absolute atomic E-state index is 5.87. The minimum Gasteiger partial charge on any atom is -0.372 e. The third kappa shape index (κ3) is 2.77. The van der Waals surface area contributed by atoms with Crippen molar-refractivity contribution in [3.05, 3.63) is 16.0 Å². The first-order valence-corrected chi connectivity index (χ1v) is 7.47. The number of anilines is 1. The van der Waals surface area contributed by atoms with Crippen LogP contribution in [0.3, 0.4) is 0 Å². The molecule has 19 heavy (non-hydrogen) atoms. The van der Waals surface area contributed by atoms with Crippen LogP contribution in [0.25, 0.3) is 0 Å². The molecule has 1 aliphatic heterocycles. The first-order valence-electron chi connectivity index (χ1n) is 6.68. The molecule has 1 aromatic heterocycles. The first-order chi connectivity index (χ1) is 8.78. The molecule has 0 aromatic carbocycles. The van der Waals surface area contributed by atoms with E-state index in [1.807, 2.05) is 7.05 Å². The summed E-state index contributed by atoms with van der Waals surface area (Å²) < 4.78 is 6.80. The topological polar surface area (TPSA) is 47.0 Å². The normalized spacial score (nSPS) is 23.7. The lowest BCUT2D eigenvalue weighted by molar-refractivity contribution is 0.00910. The lowest BCUT2D eigenvalue weighted by Gasteiger charge is -2.27. The molecule has 1 aliphatic rings. The Morgan fingerprint density at radius 3 is 2.47 bits per heavy atom. The summed E-state index contributed by atoms with van der Waals surface area (Å²) >= 11 is 3.61. The summed E-state index contributed by atoms with van der Waals surface area (Å²) in [7, 11) is 1.88. The van der Waals surface area contributed by atoms with Gasteiger partial charge in [0.2, 0.25) is 0 Å². The van der Waals surface area contributed by atoms with E-state index in [9.17, 15) is 0 Å². The first kappa shape index (κ1) is 14.7. The van der Waals surface area contributed by atoms with Crippen LogP contribution >= 0.6 is 15.9 Å². The van der Waals surface area contributed by atoms with Gasteiger partial charge in [-0.15, -0.1) is 0 Å².